The van der Waals surface area contributed by atoms with Crippen LogP contribution in [0.25, 0.3) is 5.57 Å². The minimum absolute atomic E-state index is 0.354. The molecule has 0 aliphatic rings. The number of rotatable bonds is 9. The quantitative estimate of drug-likeness (QED) is 0.637. The zero-order chi connectivity index (χ0) is 20.8. The van der Waals surface area contributed by atoms with Gasteiger partial charge in [-0.05, 0) is 30.9 Å². The molecular weight excluding hydrogens is 359 g/mol. The summed E-state index contributed by atoms with van der Waals surface area (Å²) in [6.45, 7) is 13.5. The summed E-state index contributed by atoms with van der Waals surface area (Å²) in [6, 6.07) is 1.19. The van der Waals surface area contributed by atoms with Crippen LogP contribution < -0.4 is 10.5 Å². The first-order chi connectivity index (χ1) is 12.5. The standard InChI is InChI=1S/C19H26F3N3O2/c1-6-12(4)25(13(5)16(26)8-3)11-14(7-2)15-9-17(18(23)24-10-15)27-19(20,21)22/h9-11,16,26H,4-8H2,1-3H3,(H2,23,24)/b14-11+. The second-order valence-electron chi connectivity index (χ2n) is 5.87. The summed E-state index contributed by atoms with van der Waals surface area (Å²) in [5.74, 6) is -0.917. The fourth-order valence-electron chi connectivity index (χ4n) is 2.31. The highest BCUT2D eigenvalue weighted by atomic mass is 19.4. The highest BCUT2D eigenvalue weighted by Crippen LogP contribution is 2.31. The van der Waals surface area contributed by atoms with Crippen molar-refractivity contribution in [2.75, 3.05) is 5.73 Å². The van der Waals surface area contributed by atoms with E-state index >= 15 is 0 Å². The predicted molar refractivity (Wildman–Crippen MR) is 100 cm³/mol. The number of aromatic nitrogens is 1. The number of aliphatic hydroxyl groups excluding tert-OH is 1. The van der Waals surface area contributed by atoms with Crippen LogP contribution in [0.4, 0.5) is 19.0 Å². The van der Waals surface area contributed by atoms with E-state index in [1.807, 2.05) is 20.8 Å². The number of alkyl halides is 3. The van der Waals surface area contributed by atoms with Crippen molar-refractivity contribution in [2.24, 2.45) is 0 Å². The van der Waals surface area contributed by atoms with Crippen LogP contribution in [0, 0.1) is 0 Å². The molecule has 0 bridgehead atoms. The van der Waals surface area contributed by atoms with E-state index in [9.17, 15) is 18.3 Å². The monoisotopic (exact) mass is 385 g/mol. The average molecular weight is 385 g/mol. The Kier molecular flexibility index (Phi) is 7.90. The van der Waals surface area contributed by atoms with E-state index in [0.29, 0.717) is 41.8 Å². The van der Waals surface area contributed by atoms with Crippen LogP contribution in [0.5, 0.6) is 5.75 Å². The minimum Gasteiger partial charge on any atom is -0.402 e. The van der Waals surface area contributed by atoms with Crippen LogP contribution in [0.15, 0.2) is 43.0 Å². The fourth-order valence-corrected chi connectivity index (χ4v) is 2.31. The predicted octanol–water partition coefficient (Wildman–Crippen LogP) is 4.82. The molecule has 0 amide bonds. The first-order valence-electron chi connectivity index (χ1n) is 8.60. The smallest absolute Gasteiger partial charge is 0.402 e. The van der Waals surface area contributed by atoms with Gasteiger partial charge in [0.25, 0.3) is 0 Å². The molecule has 5 nitrogen and oxygen atoms in total. The highest BCUT2D eigenvalue weighted by molar-refractivity contribution is 5.68. The number of hydrogen-bond donors (Lipinski definition) is 2. The van der Waals surface area contributed by atoms with E-state index in [4.69, 9.17) is 5.73 Å². The molecule has 1 rings (SSSR count). The van der Waals surface area contributed by atoms with Crippen LogP contribution in [0.3, 0.4) is 0 Å². The molecule has 0 fully saturated rings. The van der Waals surface area contributed by atoms with Gasteiger partial charge in [-0.15, -0.1) is 13.2 Å². The first-order valence-corrected chi connectivity index (χ1v) is 8.60. The molecule has 0 aliphatic heterocycles. The van der Waals surface area contributed by atoms with Crippen LogP contribution >= 0.6 is 0 Å². The SMILES string of the molecule is C=C(CC)N(/C=C(\CC)c1cnc(N)c(OC(F)(F)F)c1)C(=C)C(O)CC. The Labute approximate surface area is 157 Å². The topological polar surface area (TPSA) is 71.6 Å². The van der Waals surface area contributed by atoms with Crippen molar-refractivity contribution in [3.63, 3.8) is 0 Å². The van der Waals surface area contributed by atoms with Gasteiger partial charge in [0.2, 0.25) is 0 Å². The van der Waals surface area contributed by atoms with Gasteiger partial charge in [-0.3, -0.25) is 0 Å². The first kappa shape index (κ1) is 22.6. The van der Waals surface area contributed by atoms with Gasteiger partial charge in [-0.2, -0.15) is 0 Å². The number of allylic oxidation sites excluding steroid dienone is 2. The maximum absolute atomic E-state index is 12.6. The molecule has 0 aromatic carbocycles. The molecule has 0 saturated heterocycles. The van der Waals surface area contributed by atoms with Gasteiger partial charge in [0, 0.05) is 29.4 Å². The van der Waals surface area contributed by atoms with Crippen LogP contribution in [-0.4, -0.2) is 27.5 Å². The molecule has 0 saturated carbocycles. The van der Waals surface area contributed by atoms with Gasteiger partial charge in [-0.1, -0.05) is 33.9 Å². The second-order valence-corrected chi connectivity index (χ2v) is 5.87. The Morgan fingerprint density at radius 1 is 1.33 bits per heavy atom. The third-order valence-corrected chi connectivity index (χ3v) is 3.97. The lowest BCUT2D eigenvalue weighted by Gasteiger charge is -2.28. The van der Waals surface area contributed by atoms with Crippen LogP contribution in [-0.2, 0) is 0 Å². The number of nitrogen functional groups attached to an aromatic ring is 1. The van der Waals surface area contributed by atoms with E-state index in [2.05, 4.69) is 22.9 Å². The number of aliphatic hydroxyl groups is 1. The molecule has 1 aromatic rings. The molecule has 1 heterocycles. The Balaban J connectivity index is 3.36. The lowest BCUT2D eigenvalue weighted by molar-refractivity contribution is -0.274. The van der Waals surface area contributed by atoms with Crippen molar-refractivity contribution < 1.29 is 23.0 Å². The lowest BCUT2D eigenvalue weighted by atomic mass is 10.1. The molecule has 0 aliphatic carbocycles. The second kappa shape index (κ2) is 9.45. The summed E-state index contributed by atoms with van der Waals surface area (Å²) in [4.78, 5) is 5.46. The van der Waals surface area contributed by atoms with E-state index in [1.54, 1.807) is 11.1 Å². The summed E-state index contributed by atoms with van der Waals surface area (Å²) in [5.41, 5.74) is 7.69. The molecule has 3 N–H and O–H groups in total. The summed E-state index contributed by atoms with van der Waals surface area (Å²) < 4.78 is 41.6. The van der Waals surface area contributed by atoms with Crippen LogP contribution in [0.2, 0.25) is 0 Å². The van der Waals surface area contributed by atoms with E-state index in [0.717, 1.165) is 0 Å². The molecule has 0 spiro atoms. The number of hydrogen-bond acceptors (Lipinski definition) is 5. The molecule has 8 heteroatoms. The third kappa shape index (κ3) is 6.32. The van der Waals surface area contributed by atoms with Crippen molar-refractivity contribution in [2.45, 2.75) is 52.5 Å². The Bertz CT molecular complexity index is 715. The van der Waals surface area contributed by atoms with Gasteiger partial charge < -0.3 is 20.5 Å². The van der Waals surface area contributed by atoms with Crippen molar-refractivity contribution in [3.8, 4) is 5.75 Å². The molecule has 0 radical (unpaired) electrons. The zero-order valence-corrected chi connectivity index (χ0v) is 15.8. The van der Waals surface area contributed by atoms with Crippen molar-refractivity contribution in [1.29, 1.82) is 0 Å². The number of ether oxygens (including phenoxy) is 1. The average Bonchev–Trinajstić information content (AvgIpc) is 2.61. The van der Waals surface area contributed by atoms with E-state index in [-0.39, 0.29) is 5.82 Å². The number of anilines is 1. The normalized spacial score (nSPS) is 13.2. The van der Waals surface area contributed by atoms with E-state index < -0.39 is 18.2 Å². The highest BCUT2D eigenvalue weighted by Gasteiger charge is 2.32. The van der Waals surface area contributed by atoms with Crippen molar-refractivity contribution in [1.82, 2.24) is 9.88 Å². The molecule has 1 atom stereocenters. The summed E-state index contributed by atoms with van der Waals surface area (Å²) in [6.07, 6.45) is -1.01. The lowest BCUT2D eigenvalue weighted by Crippen LogP contribution is -2.24. The van der Waals surface area contributed by atoms with Gasteiger partial charge >= 0.3 is 6.36 Å². The minimum atomic E-state index is -4.87. The van der Waals surface area contributed by atoms with Gasteiger partial charge in [-0.25, -0.2) is 4.98 Å². The molecule has 150 valence electrons. The summed E-state index contributed by atoms with van der Waals surface area (Å²) in [7, 11) is 0. The van der Waals surface area contributed by atoms with Crippen molar-refractivity contribution >= 4 is 11.4 Å². The molecule has 1 aromatic heterocycles. The fraction of sp³-hybridized carbons (Fsp3) is 0.421. The summed E-state index contributed by atoms with van der Waals surface area (Å²) in [5, 5.41) is 10.1. The number of nitrogens with two attached hydrogens (primary N) is 1. The largest absolute Gasteiger partial charge is 0.573 e. The number of pyridine rings is 1. The van der Waals surface area contributed by atoms with Gasteiger partial charge in [0.05, 0.1) is 6.10 Å². The Morgan fingerprint density at radius 3 is 2.44 bits per heavy atom. The van der Waals surface area contributed by atoms with Gasteiger partial charge in [0.1, 0.15) is 0 Å². The number of halogens is 3. The molecule has 27 heavy (non-hydrogen) atoms. The van der Waals surface area contributed by atoms with E-state index in [1.165, 1.54) is 12.3 Å². The maximum Gasteiger partial charge on any atom is 0.573 e. The Hall–Kier alpha value is -2.48. The molecular formula is C19H26F3N3O2. The van der Waals surface area contributed by atoms with Gasteiger partial charge in [0.15, 0.2) is 11.6 Å². The third-order valence-electron chi connectivity index (χ3n) is 3.97. The van der Waals surface area contributed by atoms with Crippen molar-refractivity contribution in [3.05, 3.63) is 48.6 Å². The summed E-state index contributed by atoms with van der Waals surface area (Å²) >= 11 is 0. The Morgan fingerprint density at radius 2 is 1.96 bits per heavy atom. The molecule has 1 unspecified atom stereocenters. The maximum atomic E-state index is 12.6. The number of nitrogens with zero attached hydrogens (tertiary/aromatic N) is 2. The zero-order valence-electron chi connectivity index (χ0n) is 15.8. The van der Waals surface area contributed by atoms with Crippen LogP contribution in [0.1, 0.15) is 45.6 Å².